The van der Waals surface area contributed by atoms with Crippen molar-refractivity contribution < 1.29 is 19.1 Å². The molecule has 2 heterocycles. The van der Waals surface area contributed by atoms with Gasteiger partial charge in [-0.05, 0) is 47.5 Å². The van der Waals surface area contributed by atoms with Crippen molar-refractivity contribution in [1.82, 2.24) is 0 Å². The van der Waals surface area contributed by atoms with E-state index in [1.807, 2.05) is 97.1 Å². The Kier molecular flexibility index (Phi) is 6.57. The van der Waals surface area contributed by atoms with Crippen LogP contribution in [0.3, 0.4) is 0 Å². The topological polar surface area (TPSA) is 83.8 Å². The summed E-state index contributed by atoms with van der Waals surface area (Å²) in [5, 5.41) is 8.78. The molecular weight excluding hydrogens is 504 g/mol. The predicted molar refractivity (Wildman–Crippen MR) is 154 cm³/mol. The molecule has 4 aromatic carbocycles. The highest BCUT2D eigenvalue weighted by Gasteiger charge is 2.36. The monoisotopic (exact) mass is 530 g/mol. The van der Waals surface area contributed by atoms with E-state index in [0.29, 0.717) is 24.2 Å². The summed E-state index contributed by atoms with van der Waals surface area (Å²) in [6, 6.07) is 30.1. The molecule has 0 radical (unpaired) electrons. The Balaban J connectivity index is 1.32. The molecule has 0 aliphatic carbocycles. The highest BCUT2D eigenvalue weighted by atomic mass is 16.5. The first-order chi connectivity index (χ1) is 19.6. The second-order valence-electron chi connectivity index (χ2n) is 9.41. The number of carbonyl (C=O) groups excluding carboxylic acids is 2. The molecule has 198 valence electrons. The average molecular weight is 531 g/mol. The molecule has 0 spiro atoms. The quantitative estimate of drug-likeness (QED) is 0.315. The number of amides is 2. The predicted octanol–water partition coefficient (Wildman–Crippen LogP) is 4.99. The van der Waals surface area contributed by atoms with Crippen LogP contribution >= 0.6 is 0 Å². The molecule has 0 unspecified atom stereocenters. The van der Waals surface area contributed by atoms with Crippen molar-refractivity contribution >= 4 is 34.6 Å². The molecule has 0 bridgehead atoms. The summed E-state index contributed by atoms with van der Waals surface area (Å²) >= 11 is 0. The summed E-state index contributed by atoms with van der Waals surface area (Å²) in [5.74, 6) is 0.959. The third-order valence-electron chi connectivity index (χ3n) is 7.04. The number of ether oxygens (including phenoxy) is 2. The number of methoxy groups -OCH3 is 2. The van der Waals surface area contributed by atoms with Crippen LogP contribution in [0.4, 0.5) is 11.4 Å². The Morgan fingerprint density at radius 3 is 1.30 bits per heavy atom. The maximum Gasteiger partial charge on any atom is 0.279 e. The Bertz CT molecular complexity index is 1530. The number of anilines is 2. The number of hydrogen-bond acceptors (Lipinski definition) is 6. The first-order valence-corrected chi connectivity index (χ1v) is 12.8. The minimum atomic E-state index is -0.268. The Labute approximate surface area is 231 Å². The van der Waals surface area contributed by atoms with Gasteiger partial charge >= 0.3 is 0 Å². The molecule has 0 atom stereocenters. The summed E-state index contributed by atoms with van der Waals surface area (Å²) in [6.45, 7) is 0.736. The molecule has 0 fully saturated rings. The minimum Gasteiger partial charge on any atom is -0.497 e. The molecule has 2 amide bonds. The zero-order valence-electron chi connectivity index (χ0n) is 22.1. The van der Waals surface area contributed by atoms with Crippen molar-refractivity contribution in [2.24, 2.45) is 10.2 Å². The smallest absolute Gasteiger partial charge is 0.279 e. The SMILES string of the molecule is COc1ccc(CN2C(=O)C(=NN=C3C(=O)N(Cc4ccc(OC)cc4)c4ccccc43)c3ccccc32)cc1. The van der Waals surface area contributed by atoms with Gasteiger partial charge in [-0.2, -0.15) is 0 Å². The van der Waals surface area contributed by atoms with Crippen molar-refractivity contribution in [1.29, 1.82) is 0 Å². The normalized spacial score (nSPS) is 16.1. The van der Waals surface area contributed by atoms with E-state index in [9.17, 15) is 9.59 Å². The van der Waals surface area contributed by atoms with Crippen molar-refractivity contribution in [3.05, 3.63) is 119 Å². The molecule has 0 saturated carbocycles. The van der Waals surface area contributed by atoms with Crippen LogP contribution in [0.2, 0.25) is 0 Å². The van der Waals surface area contributed by atoms with Crippen molar-refractivity contribution in [2.45, 2.75) is 13.1 Å². The highest BCUT2D eigenvalue weighted by molar-refractivity contribution is 6.56. The lowest BCUT2D eigenvalue weighted by Crippen LogP contribution is -2.30. The molecule has 8 nitrogen and oxygen atoms in total. The number of carbonyl (C=O) groups is 2. The van der Waals surface area contributed by atoms with Gasteiger partial charge in [0.1, 0.15) is 11.5 Å². The molecular formula is C32H26N4O4. The van der Waals surface area contributed by atoms with E-state index in [-0.39, 0.29) is 23.2 Å². The van der Waals surface area contributed by atoms with Crippen LogP contribution < -0.4 is 19.3 Å². The molecule has 2 aliphatic rings. The van der Waals surface area contributed by atoms with Gasteiger partial charge in [0.25, 0.3) is 11.8 Å². The lowest BCUT2D eigenvalue weighted by atomic mass is 10.1. The fraction of sp³-hybridized carbons (Fsp3) is 0.125. The summed E-state index contributed by atoms with van der Waals surface area (Å²) in [6.07, 6.45) is 0. The van der Waals surface area contributed by atoms with Gasteiger partial charge in [0.05, 0.1) is 38.7 Å². The standard InChI is InChI=1S/C32H26N4O4/c1-39-23-15-11-21(12-16-23)19-35-27-9-5-3-7-25(27)29(31(35)37)33-34-30-26-8-4-6-10-28(26)36(32(30)38)20-22-13-17-24(40-2)18-14-22/h3-18H,19-20H2,1-2H3. The van der Waals surface area contributed by atoms with Gasteiger partial charge in [0.15, 0.2) is 11.4 Å². The fourth-order valence-electron chi connectivity index (χ4n) is 4.96. The van der Waals surface area contributed by atoms with Crippen LogP contribution in [0, 0.1) is 0 Å². The van der Waals surface area contributed by atoms with E-state index in [2.05, 4.69) is 10.2 Å². The van der Waals surface area contributed by atoms with Crippen molar-refractivity contribution in [3.8, 4) is 11.5 Å². The molecule has 4 aromatic rings. The van der Waals surface area contributed by atoms with Gasteiger partial charge in [0.2, 0.25) is 0 Å². The van der Waals surface area contributed by atoms with Crippen LogP contribution in [0.15, 0.2) is 107 Å². The van der Waals surface area contributed by atoms with Crippen LogP contribution in [0.5, 0.6) is 11.5 Å². The first kappa shape index (κ1) is 25.1. The summed E-state index contributed by atoms with van der Waals surface area (Å²) < 4.78 is 10.5. The van der Waals surface area contributed by atoms with Gasteiger partial charge in [-0.3, -0.25) is 9.59 Å². The van der Waals surface area contributed by atoms with Crippen molar-refractivity contribution in [2.75, 3.05) is 24.0 Å². The summed E-state index contributed by atoms with van der Waals surface area (Å²) in [4.78, 5) is 30.5. The first-order valence-electron chi connectivity index (χ1n) is 12.8. The second kappa shape index (κ2) is 10.5. The molecule has 8 heteroatoms. The molecule has 2 aliphatic heterocycles. The van der Waals surface area contributed by atoms with E-state index in [1.165, 1.54) is 0 Å². The average Bonchev–Trinajstić information content (AvgIpc) is 3.42. The van der Waals surface area contributed by atoms with Gasteiger partial charge in [-0.1, -0.05) is 60.7 Å². The zero-order valence-corrected chi connectivity index (χ0v) is 22.1. The lowest BCUT2D eigenvalue weighted by Gasteiger charge is -2.17. The van der Waals surface area contributed by atoms with E-state index in [1.54, 1.807) is 24.0 Å². The number of para-hydroxylation sites is 2. The van der Waals surface area contributed by atoms with Crippen LogP contribution in [-0.4, -0.2) is 37.5 Å². The Morgan fingerprint density at radius 1 is 0.550 bits per heavy atom. The molecule has 0 aromatic heterocycles. The van der Waals surface area contributed by atoms with Crippen LogP contribution in [0.25, 0.3) is 0 Å². The maximum absolute atomic E-state index is 13.6. The molecule has 0 saturated heterocycles. The van der Waals surface area contributed by atoms with Crippen LogP contribution in [-0.2, 0) is 22.7 Å². The molecule has 0 N–H and O–H groups in total. The molecule has 6 rings (SSSR count). The molecule has 40 heavy (non-hydrogen) atoms. The van der Waals surface area contributed by atoms with E-state index < -0.39 is 0 Å². The number of hydrogen-bond donors (Lipinski definition) is 0. The fourth-order valence-corrected chi connectivity index (χ4v) is 4.96. The van der Waals surface area contributed by atoms with Gasteiger partial charge in [0, 0.05) is 11.1 Å². The largest absolute Gasteiger partial charge is 0.497 e. The van der Waals surface area contributed by atoms with E-state index in [4.69, 9.17) is 9.47 Å². The van der Waals surface area contributed by atoms with E-state index >= 15 is 0 Å². The van der Waals surface area contributed by atoms with Gasteiger partial charge in [-0.25, -0.2) is 0 Å². The number of benzene rings is 4. The zero-order chi connectivity index (χ0) is 27.6. The third-order valence-corrected chi connectivity index (χ3v) is 7.04. The van der Waals surface area contributed by atoms with E-state index in [0.717, 1.165) is 34.0 Å². The minimum absolute atomic E-state index is 0.204. The maximum atomic E-state index is 13.6. The third kappa shape index (κ3) is 4.49. The summed E-state index contributed by atoms with van der Waals surface area (Å²) in [5.41, 5.74) is 5.17. The second-order valence-corrected chi connectivity index (χ2v) is 9.41. The number of nitrogens with zero attached hydrogens (tertiary/aromatic N) is 4. The lowest BCUT2D eigenvalue weighted by molar-refractivity contribution is -0.113. The highest BCUT2D eigenvalue weighted by Crippen LogP contribution is 2.33. The Morgan fingerprint density at radius 2 is 0.925 bits per heavy atom. The van der Waals surface area contributed by atoms with Gasteiger partial charge in [-0.15, -0.1) is 10.2 Å². The Hall–Kier alpha value is -5.24. The number of fused-ring (bicyclic) bond motifs is 2. The van der Waals surface area contributed by atoms with Crippen molar-refractivity contribution in [3.63, 3.8) is 0 Å². The number of rotatable bonds is 7. The van der Waals surface area contributed by atoms with Crippen LogP contribution in [0.1, 0.15) is 22.3 Å². The summed E-state index contributed by atoms with van der Waals surface area (Å²) in [7, 11) is 3.23. The van der Waals surface area contributed by atoms with Gasteiger partial charge < -0.3 is 19.3 Å².